The molecule has 0 spiro atoms. The molecule has 2 aromatic carbocycles. The lowest BCUT2D eigenvalue weighted by molar-refractivity contribution is -0.133. The summed E-state index contributed by atoms with van der Waals surface area (Å²) >= 11 is 0. The van der Waals surface area contributed by atoms with E-state index in [1.54, 1.807) is 36.1 Å². The minimum Gasteiger partial charge on any atom is -0.508 e. The molecule has 2 atom stereocenters. The SMILES string of the molecule is COc1cc2c3c([nH]c2cc1F)[C@@H](c1cccc(O)c1)N1C(=O)N(CCCN(C)C(C)C)C(=O)[C@]1(C)C3. The molecule has 0 saturated carbocycles. The molecular weight excluding hydrogens is 475 g/mol. The maximum absolute atomic E-state index is 14.6. The molecule has 5 rings (SSSR count). The topological polar surface area (TPSA) is 89.1 Å². The molecule has 0 unspecified atom stereocenters. The molecule has 37 heavy (non-hydrogen) atoms. The van der Waals surface area contributed by atoms with Gasteiger partial charge in [0, 0.05) is 41.7 Å². The zero-order valence-electron chi connectivity index (χ0n) is 21.8. The minimum atomic E-state index is -1.14. The Balaban J connectivity index is 1.62. The zero-order chi connectivity index (χ0) is 26.6. The highest BCUT2D eigenvalue weighted by molar-refractivity contribution is 6.08. The van der Waals surface area contributed by atoms with Gasteiger partial charge in [-0.1, -0.05) is 12.1 Å². The number of amides is 3. The number of nitrogens with one attached hydrogen (secondary N) is 1. The van der Waals surface area contributed by atoms with Crippen molar-refractivity contribution >= 4 is 22.8 Å². The Labute approximate surface area is 215 Å². The highest BCUT2D eigenvalue weighted by Crippen LogP contribution is 2.49. The van der Waals surface area contributed by atoms with E-state index in [1.807, 2.05) is 13.1 Å². The van der Waals surface area contributed by atoms with Crippen LogP contribution in [-0.2, 0) is 11.2 Å². The summed E-state index contributed by atoms with van der Waals surface area (Å²) in [4.78, 5) is 36.2. The normalized spacial score (nSPS) is 21.4. The number of benzene rings is 2. The van der Waals surface area contributed by atoms with Gasteiger partial charge >= 0.3 is 6.03 Å². The Hall–Kier alpha value is -3.59. The Morgan fingerprint density at radius 2 is 2.03 bits per heavy atom. The van der Waals surface area contributed by atoms with Gasteiger partial charge in [0.2, 0.25) is 0 Å². The van der Waals surface area contributed by atoms with Gasteiger partial charge in [0.1, 0.15) is 17.3 Å². The summed E-state index contributed by atoms with van der Waals surface area (Å²) in [6, 6.07) is 9.05. The first-order valence-corrected chi connectivity index (χ1v) is 12.6. The second-order valence-corrected chi connectivity index (χ2v) is 10.5. The van der Waals surface area contributed by atoms with Crippen LogP contribution in [0.5, 0.6) is 11.5 Å². The lowest BCUT2D eigenvalue weighted by atomic mass is 9.81. The number of nitrogens with zero attached hydrogens (tertiary/aromatic N) is 3. The van der Waals surface area contributed by atoms with E-state index >= 15 is 0 Å². The van der Waals surface area contributed by atoms with Crippen molar-refractivity contribution in [3.05, 3.63) is 59.0 Å². The first kappa shape index (κ1) is 25.1. The molecule has 196 valence electrons. The molecule has 1 saturated heterocycles. The number of H-pyrrole nitrogens is 1. The van der Waals surface area contributed by atoms with E-state index in [1.165, 1.54) is 18.1 Å². The Kier molecular flexibility index (Phi) is 6.14. The van der Waals surface area contributed by atoms with Crippen LogP contribution in [0.2, 0.25) is 0 Å². The van der Waals surface area contributed by atoms with E-state index in [0.717, 1.165) is 17.5 Å². The van der Waals surface area contributed by atoms with Crippen molar-refractivity contribution in [2.75, 3.05) is 27.2 Å². The number of carbonyl (C=O) groups is 2. The van der Waals surface area contributed by atoms with Crippen LogP contribution in [0.4, 0.5) is 9.18 Å². The Bertz CT molecular complexity index is 1390. The predicted octanol–water partition coefficient (Wildman–Crippen LogP) is 4.42. The lowest BCUT2D eigenvalue weighted by Crippen LogP contribution is -2.53. The molecule has 1 aromatic heterocycles. The third kappa shape index (κ3) is 3.92. The number of hydrogen-bond acceptors (Lipinski definition) is 5. The van der Waals surface area contributed by atoms with Crippen LogP contribution in [0.15, 0.2) is 36.4 Å². The number of fused-ring (bicyclic) bond motifs is 4. The van der Waals surface area contributed by atoms with E-state index in [9.17, 15) is 19.1 Å². The van der Waals surface area contributed by atoms with Crippen LogP contribution >= 0.6 is 0 Å². The average Bonchev–Trinajstić information content (AvgIpc) is 3.28. The summed E-state index contributed by atoms with van der Waals surface area (Å²) in [5.74, 6) is -0.579. The van der Waals surface area contributed by atoms with Crippen LogP contribution in [0, 0.1) is 5.82 Å². The largest absolute Gasteiger partial charge is 0.508 e. The number of urea groups is 1. The number of ether oxygens (including phenoxy) is 1. The van der Waals surface area contributed by atoms with E-state index in [0.29, 0.717) is 35.8 Å². The van der Waals surface area contributed by atoms with Crippen molar-refractivity contribution in [1.29, 1.82) is 0 Å². The van der Waals surface area contributed by atoms with Gasteiger partial charge in [-0.3, -0.25) is 14.6 Å². The van der Waals surface area contributed by atoms with E-state index in [4.69, 9.17) is 4.74 Å². The Morgan fingerprint density at radius 3 is 2.70 bits per heavy atom. The summed E-state index contributed by atoms with van der Waals surface area (Å²) in [5, 5.41) is 11.0. The highest BCUT2D eigenvalue weighted by atomic mass is 19.1. The van der Waals surface area contributed by atoms with Gasteiger partial charge in [0.05, 0.1) is 7.11 Å². The molecule has 0 aliphatic carbocycles. The molecule has 2 aliphatic rings. The van der Waals surface area contributed by atoms with Gasteiger partial charge in [-0.15, -0.1) is 0 Å². The van der Waals surface area contributed by atoms with Crippen molar-refractivity contribution < 1.29 is 23.8 Å². The molecule has 9 heteroatoms. The molecule has 0 bridgehead atoms. The monoisotopic (exact) mass is 508 g/mol. The van der Waals surface area contributed by atoms with Crippen LogP contribution in [0.3, 0.4) is 0 Å². The molecule has 2 N–H and O–H groups in total. The van der Waals surface area contributed by atoms with E-state index in [-0.39, 0.29) is 29.9 Å². The van der Waals surface area contributed by atoms with Gasteiger partial charge < -0.3 is 19.7 Å². The predicted molar refractivity (Wildman–Crippen MR) is 138 cm³/mol. The van der Waals surface area contributed by atoms with Crippen molar-refractivity contribution in [2.45, 2.75) is 51.2 Å². The lowest BCUT2D eigenvalue weighted by Gasteiger charge is -2.42. The number of aromatic nitrogens is 1. The summed E-state index contributed by atoms with van der Waals surface area (Å²) in [6.45, 7) is 7.09. The van der Waals surface area contributed by atoms with Gasteiger partial charge in [-0.2, -0.15) is 0 Å². The fraction of sp³-hybridized carbons (Fsp3) is 0.429. The number of phenolic OH excluding ortho intramolecular Hbond substituents is 1. The van der Waals surface area contributed by atoms with Gasteiger partial charge in [0.15, 0.2) is 11.6 Å². The van der Waals surface area contributed by atoms with Crippen LogP contribution in [0.1, 0.15) is 50.1 Å². The fourth-order valence-electron chi connectivity index (χ4n) is 5.65. The number of imide groups is 1. The first-order chi connectivity index (χ1) is 17.6. The molecule has 3 heterocycles. The summed E-state index contributed by atoms with van der Waals surface area (Å²) in [6.07, 6.45) is 0.941. The number of rotatable bonds is 7. The van der Waals surface area contributed by atoms with Crippen LogP contribution in [-0.4, -0.2) is 75.6 Å². The minimum absolute atomic E-state index is 0.0571. The van der Waals surface area contributed by atoms with Crippen molar-refractivity contribution in [2.24, 2.45) is 0 Å². The van der Waals surface area contributed by atoms with Crippen molar-refractivity contribution in [3.63, 3.8) is 0 Å². The van der Waals surface area contributed by atoms with E-state index < -0.39 is 17.4 Å². The molecule has 0 radical (unpaired) electrons. The molecule has 3 aromatic rings. The summed E-state index contributed by atoms with van der Waals surface area (Å²) in [5.41, 5.74) is 1.62. The second kappa shape index (κ2) is 9.06. The van der Waals surface area contributed by atoms with Gasteiger partial charge in [0.25, 0.3) is 5.91 Å². The fourth-order valence-corrected chi connectivity index (χ4v) is 5.65. The van der Waals surface area contributed by atoms with Gasteiger partial charge in [-0.25, -0.2) is 9.18 Å². The number of carbonyl (C=O) groups excluding carboxylic acids is 2. The number of aromatic amines is 1. The van der Waals surface area contributed by atoms with Crippen molar-refractivity contribution in [1.82, 2.24) is 19.7 Å². The second-order valence-electron chi connectivity index (χ2n) is 10.5. The molecular formula is C28H33FN4O4. The standard InChI is InChI=1S/C28H33FN4O4/c1-16(2)31(4)10-7-11-32-26(35)28(3)15-20-19-13-23(37-5)21(29)14-22(19)30-24(20)25(33(28)27(32)36)17-8-6-9-18(34)12-17/h6,8-9,12-14,16,25,30,34H,7,10-11,15H2,1-5H3/t25-,28+/m1/s1. The first-order valence-electron chi connectivity index (χ1n) is 12.6. The van der Waals surface area contributed by atoms with Crippen LogP contribution in [0.25, 0.3) is 10.9 Å². The van der Waals surface area contributed by atoms with Gasteiger partial charge in [-0.05, 0) is 70.1 Å². The smallest absolute Gasteiger partial charge is 0.328 e. The zero-order valence-corrected chi connectivity index (χ0v) is 21.8. The molecule has 3 amide bonds. The number of hydrogen-bond donors (Lipinski definition) is 2. The van der Waals surface area contributed by atoms with E-state index in [2.05, 4.69) is 23.7 Å². The quantitative estimate of drug-likeness (QED) is 0.461. The summed E-state index contributed by atoms with van der Waals surface area (Å²) < 4.78 is 19.8. The Morgan fingerprint density at radius 1 is 1.27 bits per heavy atom. The summed E-state index contributed by atoms with van der Waals surface area (Å²) in [7, 11) is 3.44. The third-order valence-corrected chi connectivity index (χ3v) is 7.90. The number of aromatic hydroxyl groups is 1. The number of halogens is 1. The molecule has 1 fully saturated rings. The molecule has 2 aliphatic heterocycles. The highest BCUT2D eigenvalue weighted by Gasteiger charge is 2.60. The number of methoxy groups -OCH3 is 1. The van der Waals surface area contributed by atoms with Crippen molar-refractivity contribution in [3.8, 4) is 11.5 Å². The maximum atomic E-state index is 14.6. The van der Waals surface area contributed by atoms with Crippen LogP contribution < -0.4 is 4.74 Å². The molecule has 8 nitrogen and oxygen atoms in total. The average molecular weight is 509 g/mol. The number of phenols is 1. The third-order valence-electron chi connectivity index (χ3n) is 7.90. The maximum Gasteiger partial charge on any atom is 0.328 e.